The minimum atomic E-state index is -3.31. The van der Waals surface area contributed by atoms with Crippen molar-refractivity contribution < 1.29 is 37.4 Å². The second-order valence-electron chi connectivity index (χ2n) is 4.60. The largest absolute Gasteiger partial charge is 0.464 e. The van der Waals surface area contributed by atoms with Crippen LogP contribution in [-0.4, -0.2) is 61.9 Å². The maximum Gasteiger partial charge on any atom is 0.359 e. The normalized spacial score (nSPS) is 11.4. The number of methoxy groups -OCH3 is 2. The Morgan fingerprint density at radius 2 is 1.72 bits per heavy atom. The number of hydrogen-bond donors (Lipinski definition) is 0. The number of nitrogens with zero attached hydrogens (tertiary/aromatic N) is 2. The van der Waals surface area contributed by atoms with Crippen molar-refractivity contribution in [2.45, 2.75) is 20.4 Å². The molecule has 0 aliphatic rings. The Bertz CT molecular complexity index is 620. The maximum absolute atomic E-state index is 12.3. The molecule has 0 amide bonds. The Morgan fingerprint density at radius 3 is 2.24 bits per heavy atom. The highest BCUT2D eigenvalue weighted by Crippen LogP contribution is 2.47. The van der Waals surface area contributed by atoms with Crippen molar-refractivity contribution in [3.8, 4) is 0 Å². The predicted molar refractivity (Wildman–Crippen MR) is 86.6 cm³/mol. The Balaban J connectivity index is 2.74. The molecule has 0 fully saturated rings. The summed E-state index contributed by atoms with van der Waals surface area (Å²) >= 11 is 0. The van der Waals surface area contributed by atoms with Crippen molar-refractivity contribution in [2.75, 3.05) is 40.4 Å². The molecule has 0 aromatic carbocycles. The van der Waals surface area contributed by atoms with E-state index < -0.39 is 19.5 Å². The zero-order valence-electron chi connectivity index (χ0n) is 14.7. The van der Waals surface area contributed by atoms with Gasteiger partial charge in [-0.15, -0.1) is 0 Å². The van der Waals surface area contributed by atoms with Gasteiger partial charge in [-0.3, -0.25) is 4.57 Å². The third-order valence-corrected chi connectivity index (χ3v) is 4.77. The van der Waals surface area contributed by atoms with Gasteiger partial charge >= 0.3 is 19.5 Å². The average Bonchev–Trinajstić information content (AvgIpc) is 3.01. The molecule has 11 heteroatoms. The lowest BCUT2D eigenvalue weighted by molar-refractivity contribution is 0.0541. The first kappa shape index (κ1) is 21.3. The number of imidazole rings is 1. The van der Waals surface area contributed by atoms with Gasteiger partial charge in [0.1, 0.15) is 6.35 Å². The number of carbonyl (C=O) groups excluding carboxylic acids is 2. The van der Waals surface area contributed by atoms with Crippen LogP contribution in [0, 0.1) is 0 Å². The molecule has 0 atom stereocenters. The molecule has 0 spiro atoms. The zero-order chi connectivity index (χ0) is 18.9. The quantitative estimate of drug-likeness (QED) is 0.322. The Kier molecular flexibility index (Phi) is 8.77. The van der Waals surface area contributed by atoms with E-state index in [4.69, 9.17) is 13.8 Å². The fourth-order valence-electron chi connectivity index (χ4n) is 1.95. The van der Waals surface area contributed by atoms with Gasteiger partial charge in [0.15, 0.2) is 11.4 Å². The first-order valence-electron chi connectivity index (χ1n) is 7.60. The van der Waals surface area contributed by atoms with Crippen LogP contribution < -0.4 is 0 Å². The molecule has 0 bridgehead atoms. The lowest BCUT2D eigenvalue weighted by Crippen LogP contribution is -2.17. The summed E-state index contributed by atoms with van der Waals surface area (Å²) < 4.78 is 38.4. The molecule has 25 heavy (non-hydrogen) atoms. The molecule has 0 saturated heterocycles. The Hall–Kier alpha value is -1.74. The molecule has 0 aliphatic heterocycles. The molecule has 0 N–H and O–H groups in total. The third-order valence-electron chi connectivity index (χ3n) is 2.97. The lowest BCUT2D eigenvalue weighted by atomic mass is 10.3. The first-order chi connectivity index (χ1) is 11.9. The fraction of sp³-hybridized carbons (Fsp3) is 0.643. The Labute approximate surface area is 145 Å². The van der Waals surface area contributed by atoms with Crippen molar-refractivity contribution >= 4 is 19.5 Å². The van der Waals surface area contributed by atoms with E-state index in [9.17, 15) is 14.2 Å². The summed E-state index contributed by atoms with van der Waals surface area (Å²) in [6, 6.07) is 0. The van der Waals surface area contributed by atoms with Gasteiger partial charge in [-0.05, 0) is 13.8 Å². The van der Waals surface area contributed by atoms with Gasteiger partial charge < -0.3 is 27.8 Å². The molecule has 0 unspecified atom stereocenters. The van der Waals surface area contributed by atoms with Gasteiger partial charge in [0.2, 0.25) is 0 Å². The van der Waals surface area contributed by atoms with Crippen molar-refractivity contribution in [3.05, 3.63) is 17.7 Å². The number of hydrogen-bond acceptors (Lipinski definition) is 9. The molecule has 0 aliphatic carbocycles. The summed E-state index contributed by atoms with van der Waals surface area (Å²) in [4.78, 5) is 27.4. The highest BCUT2D eigenvalue weighted by Gasteiger charge is 2.26. The third kappa shape index (κ3) is 5.93. The van der Waals surface area contributed by atoms with E-state index in [0.29, 0.717) is 0 Å². The molecule has 1 heterocycles. The molecule has 1 aromatic heterocycles. The van der Waals surface area contributed by atoms with Crippen LogP contribution in [0.15, 0.2) is 6.33 Å². The van der Waals surface area contributed by atoms with Crippen molar-refractivity contribution in [1.82, 2.24) is 9.55 Å². The zero-order valence-corrected chi connectivity index (χ0v) is 15.6. The highest BCUT2D eigenvalue weighted by molar-refractivity contribution is 7.53. The molecule has 1 aromatic rings. The van der Waals surface area contributed by atoms with E-state index in [1.165, 1.54) is 25.1 Å². The van der Waals surface area contributed by atoms with Crippen LogP contribution in [0.1, 0.15) is 34.8 Å². The SMILES string of the molecule is CCOP(=O)(COCCn1cnc(C(=O)OC)c1C(=O)OC)OCC. The van der Waals surface area contributed by atoms with Gasteiger partial charge in [0.05, 0.1) is 40.4 Å². The van der Waals surface area contributed by atoms with E-state index in [0.717, 1.165) is 0 Å². The number of carbonyl (C=O) groups is 2. The van der Waals surface area contributed by atoms with E-state index in [1.807, 2.05) is 0 Å². The van der Waals surface area contributed by atoms with E-state index in [1.54, 1.807) is 13.8 Å². The van der Waals surface area contributed by atoms with Crippen LogP contribution in [0.2, 0.25) is 0 Å². The molecular formula is C14H23N2O8P. The second-order valence-corrected chi connectivity index (χ2v) is 6.60. The van der Waals surface area contributed by atoms with E-state index in [2.05, 4.69) is 14.5 Å². The van der Waals surface area contributed by atoms with E-state index >= 15 is 0 Å². The summed E-state index contributed by atoms with van der Waals surface area (Å²) in [6.45, 7) is 4.13. The summed E-state index contributed by atoms with van der Waals surface area (Å²) in [5, 5.41) is 0. The summed E-state index contributed by atoms with van der Waals surface area (Å²) in [6.07, 6.45) is 1.08. The highest BCUT2D eigenvalue weighted by atomic mass is 31.2. The number of ether oxygens (including phenoxy) is 3. The van der Waals surface area contributed by atoms with Gasteiger partial charge in [-0.25, -0.2) is 14.6 Å². The van der Waals surface area contributed by atoms with Crippen molar-refractivity contribution in [3.63, 3.8) is 0 Å². The van der Waals surface area contributed by atoms with Crippen molar-refractivity contribution in [1.29, 1.82) is 0 Å². The number of aromatic nitrogens is 2. The minimum Gasteiger partial charge on any atom is -0.464 e. The predicted octanol–water partition coefficient (Wildman–Crippen LogP) is 1.70. The second kappa shape index (κ2) is 10.3. The number of esters is 2. The van der Waals surface area contributed by atoms with E-state index in [-0.39, 0.29) is 44.1 Å². The number of rotatable bonds is 11. The molecule has 1 rings (SSSR count). The smallest absolute Gasteiger partial charge is 0.359 e. The van der Waals surface area contributed by atoms with Crippen LogP contribution >= 0.6 is 7.60 Å². The van der Waals surface area contributed by atoms with Crippen LogP contribution in [0.5, 0.6) is 0 Å². The fourth-order valence-corrected chi connectivity index (χ4v) is 3.32. The van der Waals surface area contributed by atoms with Crippen LogP contribution in [0.4, 0.5) is 0 Å². The Morgan fingerprint density at radius 1 is 1.12 bits per heavy atom. The first-order valence-corrected chi connectivity index (χ1v) is 9.32. The molecular weight excluding hydrogens is 355 g/mol. The lowest BCUT2D eigenvalue weighted by Gasteiger charge is -2.17. The van der Waals surface area contributed by atoms with Gasteiger partial charge in [-0.2, -0.15) is 0 Å². The summed E-state index contributed by atoms with van der Waals surface area (Å²) in [7, 11) is -0.928. The molecule has 0 radical (unpaired) electrons. The molecule has 10 nitrogen and oxygen atoms in total. The minimum absolute atomic E-state index is 0.0456. The van der Waals surface area contributed by atoms with Gasteiger partial charge in [0, 0.05) is 6.54 Å². The van der Waals surface area contributed by atoms with Crippen LogP contribution in [-0.2, 0) is 34.4 Å². The van der Waals surface area contributed by atoms with Crippen LogP contribution in [0.25, 0.3) is 0 Å². The molecule has 142 valence electrons. The monoisotopic (exact) mass is 378 g/mol. The maximum atomic E-state index is 12.3. The summed E-state index contributed by atoms with van der Waals surface area (Å²) in [5.74, 6) is -1.48. The molecule has 0 saturated carbocycles. The van der Waals surface area contributed by atoms with Crippen LogP contribution in [0.3, 0.4) is 0 Å². The summed E-state index contributed by atoms with van der Waals surface area (Å²) in [5.41, 5.74) is -0.195. The standard InChI is InChI=1S/C14H23N2O8P/c1-5-23-25(19,24-6-2)10-22-8-7-16-9-15-11(13(17)20-3)12(16)14(18)21-4/h9H,5-8,10H2,1-4H3. The van der Waals surface area contributed by atoms with Crippen molar-refractivity contribution in [2.24, 2.45) is 0 Å². The van der Waals surface area contributed by atoms with Gasteiger partial charge in [0.25, 0.3) is 0 Å². The average molecular weight is 378 g/mol. The topological polar surface area (TPSA) is 115 Å². The van der Waals surface area contributed by atoms with Gasteiger partial charge in [-0.1, -0.05) is 0 Å².